The largest absolute Gasteiger partial charge is 0.312 e. The van der Waals surface area contributed by atoms with E-state index in [1.165, 1.54) is 31.4 Å². The first-order valence-corrected chi connectivity index (χ1v) is 6.84. The predicted octanol–water partition coefficient (Wildman–Crippen LogP) is 1.98. The number of rotatable bonds is 4. The quantitative estimate of drug-likeness (QED) is 0.814. The van der Waals surface area contributed by atoms with Crippen LogP contribution in [0.4, 0.5) is 0 Å². The van der Waals surface area contributed by atoms with Gasteiger partial charge in [-0.3, -0.25) is 0 Å². The summed E-state index contributed by atoms with van der Waals surface area (Å²) < 4.78 is 0. The Morgan fingerprint density at radius 3 is 3.13 bits per heavy atom. The fourth-order valence-corrected chi connectivity index (χ4v) is 3.63. The minimum Gasteiger partial charge on any atom is -0.312 e. The highest BCUT2D eigenvalue weighted by atomic mass is 32.1. The van der Waals surface area contributed by atoms with Gasteiger partial charge in [-0.2, -0.15) is 11.3 Å². The number of thiophene rings is 1. The van der Waals surface area contributed by atoms with Gasteiger partial charge in [-0.1, -0.05) is 0 Å². The topological polar surface area (TPSA) is 24.1 Å². The molecule has 3 heteroatoms. The van der Waals surface area contributed by atoms with Crippen molar-refractivity contribution in [3.8, 4) is 0 Å². The van der Waals surface area contributed by atoms with Crippen molar-refractivity contribution >= 4 is 11.3 Å². The molecular formula is C12H18N2S. The van der Waals surface area contributed by atoms with Gasteiger partial charge in [0.25, 0.3) is 0 Å². The van der Waals surface area contributed by atoms with Crippen molar-refractivity contribution in [2.45, 2.75) is 37.9 Å². The van der Waals surface area contributed by atoms with E-state index in [4.69, 9.17) is 0 Å². The van der Waals surface area contributed by atoms with Crippen LogP contribution in [0.25, 0.3) is 0 Å². The van der Waals surface area contributed by atoms with Crippen LogP contribution in [-0.4, -0.2) is 18.6 Å². The summed E-state index contributed by atoms with van der Waals surface area (Å²) >= 11 is 1.78. The molecule has 3 heterocycles. The summed E-state index contributed by atoms with van der Waals surface area (Å²) in [6.07, 6.45) is 4.20. The molecule has 2 aliphatic rings. The van der Waals surface area contributed by atoms with Gasteiger partial charge in [0.1, 0.15) is 0 Å². The van der Waals surface area contributed by atoms with Crippen molar-refractivity contribution in [1.82, 2.24) is 10.6 Å². The third-order valence-electron chi connectivity index (χ3n) is 3.75. The maximum Gasteiger partial charge on any atom is 0.0213 e. The second-order valence-corrected chi connectivity index (χ2v) is 5.59. The molecule has 2 aliphatic heterocycles. The van der Waals surface area contributed by atoms with E-state index in [1.807, 2.05) is 0 Å². The minimum absolute atomic E-state index is 0.810. The summed E-state index contributed by atoms with van der Waals surface area (Å²) in [6.45, 7) is 2.22. The molecule has 0 amide bonds. The summed E-state index contributed by atoms with van der Waals surface area (Å²) in [5, 5.41) is 11.6. The molecule has 2 fully saturated rings. The van der Waals surface area contributed by atoms with E-state index in [1.54, 1.807) is 11.3 Å². The fraction of sp³-hybridized carbons (Fsp3) is 0.667. The first kappa shape index (κ1) is 9.82. The Morgan fingerprint density at radius 1 is 1.47 bits per heavy atom. The molecule has 0 spiro atoms. The van der Waals surface area contributed by atoms with Crippen LogP contribution in [0, 0.1) is 5.92 Å². The van der Waals surface area contributed by atoms with Crippen molar-refractivity contribution in [3.05, 3.63) is 22.4 Å². The maximum absolute atomic E-state index is 3.68. The summed E-state index contributed by atoms with van der Waals surface area (Å²) in [5.41, 5.74) is 1.43. The Hall–Kier alpha value is -0.380. The number of hydrogen-bond donors (Lipinski definition) is 2. The molecule has 3 atom stereocenters. The zero-order chi connectivity index (χ0) is 10.1. The molecule has 0 saturated carbocycles. The van der Waals surface area contributed by atoms with Crippen molar-refractivity contribution in [1.29, 1.82) is 0 Å². The monoisotopic (exact) mass is 222 g/mol. The van der Waals surface area contributed by atoms with Gasteiger partial charge < -0.3 is 10.6 Å². The molecule has 2 bridgehead atoms. The average molecular weight is 222 g/mol. The molecule has 0 aromatic carbocycles. The van der Waals surface area contributed by atoms with Gasteiger partial charge in [-0.25, -0.2) is 0 Å². The second kappa shape index (κ2) is 4.24. The first-order chi connectivity index (χ1) is 7.42. The van der Waals surface area contributed by atoms with E-state index in [9.17, 15) is 0 Å². The second-order valence-electron chi connectivity index (χ2n) is 4.81. The lowest BCUT2D eigenvalue weighted by Crippen LogP contribution is -2.31. The zero-order valence-corrected chi connectivity index (χ0v) is 9.72. The summed E-state index contributed by atoms with van der Waals surface area (Å²) in [4.78, 5) is 0. The highest BCUT2D eigenvalue weighted by molar-refractivity contribution is 7.07. The lowest BCUT2D eigenvalue weighted by atomic mass is 9.89. The molecule has 2 nitrogen and oxygen atoms in total. The summed E-state index contributed by atoms with van der Waals surface area (Å²) in [6, 6.07) is 3.85. The third kappa shape index (κ3) is 2.10. The summed E-state index contributed by atoms with van der Waals surface area (Å²) in [7, 11) is 0. The highest BCUT2D eigenvalue weighted by Gasteiger charge is 2.38. The normalized spacial score (nSPS) is 33.7. The van der Waals surface area contributed by atoms with Crippen molar-refractivity contribution in [2.24, 2.45) is 5.92 Å². The lowest BCUT2D eigenvalue weighted by Gasteiger charge is -2.20. The Kier molecular flexibility index (Phi) is 2.77. The van der Waals surface area contributed by atoms with E-state index in [-0.39, 0.29) is 0 Å². The maximum atomic E-state index is 3.68. The van der Waals surface area contributed by atoms with E-state index in [0.29, 0.717) is 0 Å². The van der Waals surface area contributed by atoms with E-state index in [2.05, 4.69) is 27.5 Å². The molecule has 1 aromatic rings. The number of hydrogen-bond acceptors (Lipinski definition) is 3. The highest BCUT2D eigenvalue weighted by Crippen LogP contribution is 2.32. The van der Waals surface area contributed by atoms with Crippen LogP contribution >= 0.6 is 11.3 Å². The molecule has 0 radical (unpaired) electrons. The molecule has 82 valence electrons. The van der Waals surface area contributed by atoms with Crippen LogP contribution in [0.1, 0.15) is 24.8 Å². The standard InChI is InChI=1S/C12H18N2S/c1-2-12-10(5-11(1)14-12)7-13-6-9-3-4-15-8-9/h3-4,8,10-14H,1-2,5-7H2. The van der Waals surface area contributed by atoms with Gasteiger partial charge in [0.2, 0.25) is 0 Å². The molecule has 3 unspecified atom stereocenters. The van der Waals surface area contributed by atoms with Crippen molar-refractivity contribution < 1.29 is 0 Å². The van der Waals surface area contributed by atoms with Crippen molar-refractivity contribution in [2.75, 3.05) is 6.54 Å². The van der Waals surface area contributed by atoms with E-state index < -0.39 is 0 Å². The molecule has 0 aliphatic carbocycles. The number of nitrogens with one attached hydrogen (secondary N) is 2. The smallest absolute Gasteiger partial charge is 0.0213 e. The minimum atomic E-state index is 0.810. The fourth-order valence-electron chi connectivity index (χ4n) is 2.96. The van der Waals surface area contributed by atoms with E-state index >= 15 is 0 Å². The molecule has 2 N–H and O–H groups in total. The van der Waals surface area contributed by atoms with E-state index in [0.717, 1.165) is 24.5 Å². The SMILES string of the molecule is c1cc(CNCC2CC3CCC2N3)cs1. The molecule has 2 saturated heterocycles. The summed E-state index contributed by atoms with van der Waals surface area (Å²) in [5.74, 6) is 0.877. The van der Waals surface area contributed by atoms with Gasteiger partial charge in [-0.05, 0) is 54.1 Å². The van der Waals surface area contributed by atoms with Crippen molar-refractivity contribution in [3.63, 3.8) is 0 Å². The Morgan fingerprint density at radius 2 is 2.47 bits per heavy atom. The van der Waals surface area contributed by atoms with Crippen LogP contribution in [0.15, 0.2) is 16.8 Å². The third-order valence-corrected chi connectivity index (χ3v) is 4.48. The van der Waals surface area contributed by atoms with Crippen LogP contribution in [0.3, 0.4) is 0 Å². The lowest BCUT2D eigenvalue weighted by molar-refractivity contribution is 0.383. The van der Waals surface area contributed by atoms with Gasteiger partial charge in [0.15, 0.2) is 0 Å². The predicted molar refractivity (Wildman–Crippen MR) is 64.1 cm³/mol. The van der Waals surface area contributed by atoms with Crippen LogP contribution in [0.5, 0.6) is 0 Å². The Labute approximate surface area is 95.1 Å². The molecule has 3 rings (SSSR count). The molecule has 15 heavy (non-hydrogen) atoms. The average Bonchev–Trinajstić information content (AvgIpc) is 2.93. The van der Waals surface area contributed by atoms with Gasteiger partial charge >= 0.3 is 0 Å². The van der Waals surface area contributed by atoms with Gasteiger partial charge in [-0.15, -0.1) is 0 Å². The first-order valence-electron chi connectivity index (χ1n) is 5.89. The zero-order valence-electron chi connectivity index (χ0n) is 8.91. The molecule has 1 aromatic heterocycles. The van der Waals surface area contributed by atoms with Crippen LogP contribution in [0.2, 0.25) is 0 Å². The Bertz CT molecular complexity index is 309. The van der Waals surface area contributed by atoms with Crippen LogP contribution < -0.4 is 10.6 Å². The van der Waals surface area contributed by atoms with Gasteiger partial charge in [0.05, 0.1) is 0 Å². The van der Waals surface area contributed by atoms with Crippen LogP contribution in [-0.2, 0) is 6.54 Å². The van der Waals surface area contributed by atoms with Gasteiger partial charge in [0, 0.05) is 18.6 Å². The molecular weight excluding hydrogens is 204 g/mol. The number of fused-ring (bicyclic) bond motifs is 2. The Balaban J connectivity index is 1.43.